The van der Waals surface area contributed by atoms with E-state index < -0.39 is 14.8 Å². The second-order valence-corrected chi connectivity index (χ2v) is 4.28. The van der Waals surface area contributed by atoms with Crippen LogP contribution in [0.1, 0.15) is 2.85 Å². The fourth-order valence-corrected chi connectivity index (χ4v) is 0. The number of hydrogen-bond acceptors (Lipinski definition) is 2. The number of hydrogen-bond donors (Lipinski definition) is 5. The van der Waals surface area contributed by atoms with Crippen LogP contribution in [0, 0.1) is 0 Å². The van der Waals surface area contributed by atoms with Crippen molar-refractivity contribution in [3.63, 3.8) is 0 Å². The maximum Gasteiger partial charge on any atom is 2.00 e. The average Bonchev–Trinajstić information content (AvgIpc) is 1.12. The van der Waals surface area contributed by atoms with E-state index in [4.69, 9.17) is 33.6 Å². The van der Waals surface area contributed by atoms with Gasteiger partial charge < -0.3 is 27.3 Å². The molecule has 7 nitrogen and oxygen atoms in total. The van der Waals surface area contributed by atoms with Crippen molar-refractivity contribution in [3.05, 3.63) is 0 Å². The monoisotopic (exact) mass is 304 g/mol. The Bertz CT molecular complexity index is 137. The van der Waals surface area contributed by atoms with E-state index >= 15 is 0 Å². The largest absolute Gasteiger partial charge is 2.00 e. The van der Waals surface area contributed by atoms with Crippen LogP contribution in [0.2, 0.25) is 0 Å². The summed E-state index contributed by atoms with van der Waals surface area (Å²) in [6.07, 6.45) is 0. The summed E-state index contributed by atoms with van der Waals surface area (Å²) < 4.78 is 18.0. The quantitative estimate of drug-likeness (QED) is 0.293. The van der Waals surface area contributed by atoms with E-state index in [2.05, 4.69) is 11.2 Å². The smallest absolute Gasteiger partial charge is 1.00 e. The molecule has 0 aliphatic carbocycles. The maximum atomic E-state index is 9.09. The van der Waals surface area contributed by atoms with Crippen molar-refractivity contribution in [1.29, 1.82) is 0 Å². The Hall–Kier alpha value is 2.03. The predicted octanol–water partition coefficient (Wildman–Crippen LogP) is -0.766. The van der Waals surface area contributed by atoms with Crippen molar-refractivity contribution < 1.29 is 36.5 Å². The summed E-state index contributed by atoms with van der Waals surface area (Å²) in [7, 11) is -4.64. The molecule has 0 radical (unpaired) electrons. The molecule has 0 spiro atoms. The van der Waals surface area contributed by atoms with Crippen molar-refractivity contribution in [1.82, 2.24) is 0 Å². The minimum Gasteiger partial charge on any atom is -1.00 e. The van der Waals surface area contributed by atoms with Crippen molar-refractivity contribution in [2.75, 3.05) is 0 Å². The van der Waals surface area contributed by atoms with Gasteiger partial charge in [-0.05, 0) is 0 Å². The zero-order valence-corrected chi connectivity index (χ0v) is 11.1. The van der Waals surface area contributed by atoms with E-state index in [0.29, 0.717) is 0 Å². The normalized spacial score (nSPS) is 10.7. The van der Waals surface area contributed by atoms with Crippen LogP contribution < -0.4 is 0 Å². The standard InChI is InChI=1S/ClH2O3P.H3O4P.Sr.2H/c2*1-5(2,3)4;;;/h(H2,2,3,4);(H3,1,2,3,4);;;/q;;+2;2*-1. The molecule has 11 heteroatoms. The molecular formula is H7ClO7P2Sr. The van der Waals surface area contributed by atoms with E-state index in [0.717, 1.165) is 0 Å². The van der Waals surface area contributed by atoms with Gasteiger partial charge in [0, 0.05) is 11.2 Å². The molecule has 11 heavy (non-hydrogen) atoms. The minimum absolute atomic E-state index is 0. The summed E-state index contributed by atoms with van der Waals surface area (Å²) in [5.74, 6) is 0. The van der Waals surface area contributed by atoms with Crippen LogP contribution in [-0.2, 0) is 9.13 Å². The summed E-state index contributed by atoms with van der Waals surface area (Å²) in [5, 5.41) is 0. The molecule has 5 N–H and O–H groups in total. The fourth-order valence-electron chi connectivity index (χ4n) is 0. The van der Waals surface area contributed by atoms with Gasteiger partial charge >= 0.3 is 60.3 Å². The molecule has 0 unspecified atom stereocenters. The Labute approximate surface area is 107 Å². The van der Waals surface area contributed by atoms with Crippen LogP contribution >= 0.6 is 26.0 Å². The van der Waals surface area contributed by atoms with E-state index in [1.807, 2.05) is 0 Å². The Morgan fingerprint density at radius 1 is 1.00 bits per heavy atom. The Kier molecular flexibility index (Phi) is 12.7. The molecule has 0 aromatic rings. The van der Waals surface area contributed by atoms with Gasteiger partial charge in [0.1, 0.15) is 0 Å². The van der Waals surface area contributed by atoms with Gasteiger partial charge in [0.25, 0.3) is 0 Å². The molecule has 0 amide bonds. The summed E-state index contributed by atoms with van der Waals surface area (Å²) >= 11 is 4.20. The molecule has 0 rings (SSSR count). The Morgan fingerprint density at radius 3 is 1.00 bits per heavy atom. The molecule has 0 fully saturated rings. The van der Waals surface area contributed by atoms with Crippen molar-refractivity contribution >= 4 is 71.5 Å². The van der Waals surface area contributed by atoms with Crippen LogP contribution in [0.4, 0.5) is 0 Å². The molecular weight excluding hydrogens is 297 g/mol. The maximum absolute atomic E-state index is 9.09. The number of halogens is 1. The van der Waals surface area contributed by atoms with Gasteiger partial charge in [-0.15, -0.1) is 0 Å². The summed E-state index contributed by atoms with van der Waals surface area (Å²) in [6, 6.07) is 0. The molecule has 68 valence electrons. The van der Waals surface area contributed by atoms with Crippen LogP contribution in [0.5, 0.6) is 0 Å². The van der Waals surface area contributed by atoms with Crippen molar-refractivity contribution in [3.8, 4) is 0 Å². The van der Waals surface area contributed by atoms with Gasteiger partial charge in [0.15, 0.2) is 0 Å². The Balaban J connectivity index is -0.0000000267. The molecule has 0 aliphatic rings. The third-order valence-corrected chi connectivity index (χ3v) is 0. The summed E-state index contributed by atoms with van der Waals surface area (Å²) in [5.41, 5.74) is 0. The topological polar surface area (TPSA) is 135 Å². The first-order valence-electron chi connectivity index (χ1n) is 1.53. The molecule has 0 aromatic heterocycles. The first-order chi connectivity index (χ1) is 4.00. The zero-order valence-electron chi connectivity index (χ0n) is 7.03. The molecule has 0 bridgehead atoms. The molecule has 0 aromatic carbocycles. The SMILES string of the molecule is O=P(O)(O)Cl.O=P(O)(O)O.[H-].[H-].[Sr+2]. The molecule has 0 atom stereocenters. The predicted molar refractivity (Wildman–Crippen MR) is 40.1 cm³/mol. The van der Waals surface area contributed by atoms with Gasteiger partial charge in [0.05, 0.1) is 0 Å². The van der Waals surface area contributed by atoms with Gasteiger partial charge in [-0.3, -0.25) is 0 Å². The molecule has 0 heterocycles. The van der Waals surface area contributed by atoms with E-state index in [-0.39, 0.29) is 48.3 Å². The molecule has 0 saturated carbocycles. The van der Waals surface area contributed by atoms with Crippen LogP contribution in [0.25, 0.3) is 0 Å². The first kappa shape index (κ1) is 18.7. The fraction of sp³-hybridized carbons (Fsp3) is 0. The third-order valence-electron chi connectivity index (χ3n) is 0. The van der Waals surface area contributed by atoms with Gasteiger partial charge in [-0.25, -0.2) is 9.13 Å². The van der Waals surface area contributed by atoms with Gasteiger partial charge in [-0.1, -0.05) is 0 Å². The molecule has 0 saturated heterocycles. The Morgan fingerprint density at radius 2 is 1.00 bits per heavy atom. The van der Waals surface area contributed by atoms with Crippen molar-refractivity contribution in [2.24, 2.45) is 0 Å². The minimum atomic E-state index is -4.64. The van der Waals surface area contributed by atoms with E-state index in [9.17, 15) is 0 Å². The van der Waals surface area contributed by atoms with Crippen LogP contribution in [0.3, 0.4) is 0 Å². The summed E-state index contributed by atoms with van der Waals surface area (Å²) in [6.45, 7) is -4.17. The second kappa shape index (κ2) is 7.44. The number of phosphoric acid groups is 1. The van der Waals surface area contributed by atoms with Gasteiger partial charge in [-0.2, -0.15) is 0 Å². The van der Waals surface area contributed by atoms with Crippen LogP contribution in [0.15, 0.2) is 0 Å². The number of rotatable bonds is 0. The second-order valence-electron chi connectivity index (χ2n) is 0.986. The zero-order chi connectivity index (χ0) is 9.00. The van der Waals surface area contributed by atoms with E-state index in [1.165, 1.54) is 0 Å². The van der Waals surface area contributed by atoms with Crippen molar-refractivity contribution in [2.45, 2.75) is 0 Å². The average molecular weight is 304 g/mol. The third kappa shape index (κ3) is 294. The van der Waals surface area contributed by atoms with E-state index in [1.54, 1.807) is 0 Å². The summed E-state index contributed by atoms with van der Waals surface area (Å²) in [4.78, 5) is 36.4. The van der Waals surface area contributed by atoms with Gasteiger partial charge in [0.2, 0.25) is 0 Å². The molecule has 0 aliphatic heterocycles. The van der Waals surface area contributed by atoms with Crippen LogP contribution in [-0.4, -0.2) is 69.9 Å². The first-order valence-corrected chi connectivity index (χ1v) is 5.62.